The first-order valence-electron chi connectivity index (χ1n) is 3.76. The zero-order chi connectivity index (χ0) is 7.66. The molecule has 0 fully saturated rings. The van der Waals surface area contributed by atoms with Crippen molar-refractivity contribution in [1.29, 1.82) is 0 Å². The molecule has 0 heterocycles. The SMILES string of the molecule is CCCCNCCOCI. The molecular weight excluding hydrogens is 241 g/mol. The maximum absolute atomic E-state index is 5.14. The van der Waals surface area contributed by atoms with E-state index < -0.39 is 0 Å². The summed E-state index contributed by atoms with van der Waals surface area (Å²) in [5, 5.41) is 3.29. The van der Waals surface area contributed by atoms with Crippen molar-refractivity contribution in [3.63, 3.8) is 0 Å². The number of alkyl halides is 1. The highest BCUT2D eigenvalue weighted by Gasteiger charge is 1.85. The summed E-state index contributed by atoms with van der Waals surface area (Å²) in [5.74, 6) is 0. The third-order valence-electron chi connectivity index (χ3n) is 1.21. The number of nitrogens with one attached hydrogen (secondary N) is 1. The molecule has 62 valence electrons. The van der Waals surface area contributed by atoms with Crippen LogP contribution in [0.15, 0.2) is 0 Å². The minimum absolute atomic E-state index is 0.799. The smallest absolute Gasteiger partial charge is 0.0979 e. The molecule has 0 spiro atoms. The molecule has 3 heteroatoms. The van der Waals surface area contributed by atoms with Crippen LogP contribution < -0.4 is 5.32 Å². The molecular formula is C7H16INO. The number of hydrogen-bond acceptors (Lipinski definition) is 2. The van der Waals surface area contributed by atoms with Crippen molar-refractivity contribution in [2.24, 2.45) is 0 Å². The van der Waals surface area contributed by atoms with Gasteiger partial charge in [-0.15, -0.1) is 0 Å². The summed E-state index contributed by atoms with van der Waals surface area (Å²) in [6, 6.07) is 0. The fourth-order valence-electron chi connectivity index (χ4n) is 0.626. The summed E-state index contributed by atoms with van der Waals surface area (Å²) in [6.45, 7) is 5.15. The van der Waals surface area contributed by atoms with Crippen molar-refractivity contribution in [2.45, 2.75) is 19.8 Å². The van der Waals surface area contributed by atoms with Gasteiger partial charge in [0.05, 0.1) is 11.2 Å². The van der Waals surface area contributed by atoms with E-state index in [-0.39, 0.29) is 0 Å². The van der Waals surface area contributed by atoms with Gasteiger partial charge in [-0.3, -0.25) is 0 Å². The summed E-state index contributed by atoms with van der Waals surface area (Å²) in [4.78, 5) is 0. The standard InChI is InChI=1S/C7H16INO/c1-2-3-4-9-5-6-10-7-8/h9H,2-7H2,1H3. The van der Waals surface area contributed by atoms with Crippen molar-refractivity contribution < 1.29 is 4.74 Å². The lowest BCUT2D eigenvalue weighted by Gasteiger charge is -2.01. The van der Waals surface area contributed by atoms with Crippen LogP contribution in [0.1, 0.15) is 19.8 Å². The summed E-state index contributed by atoms with van der Waals surface area (Å²) in [5.41, 5.74) is 0. The molecule has 0 saturated heterocycles. The van der Waals surface area contributed by atoms with Crippen molar-refractivity contribution >= 4 is 22.6 Å². The third-order valence-corrected chi connectivity index (χ3v) is 1.65. The topological polar surface area (TPSA) is 21.3 Å². The second kappa shape index (κ2) is 9.65. The molecule has 0 aliphatic heterocycles. The quantitative estimate of drug-likeness (QED) is 0.426. The minimum Gasteiger partial charge on any atom is -0.370 e. The Hall–Kier alpha value is 0.650. The van der Waals surface area contributed by atoms with Gasteiger partial charge in [-0.1, -0.05) is 35.9 Å². The zero-order valence-corrected chi connectivity index (χ0v) is 8.69. The molecule has 1 N–H and O–H groups in total. The van der Waals surface area contributed by atoms with E-state index in [1.807, 2.05) is 0 Å². The zero-order valence-electron chi connectivity index (χ0n) is 6.53. The van der Waals surface area contributed by atoms with Crippen LogP contribution in [0.5, 0.6) is 0 Å². The van der Waals surface area contributed by atoms with Gasteiger partial charge in [0, 0.05) is 6.54 Å². The van der Waals surface area contributed by atoms with Gasteiger partial charge in [-0.05, 0) is 13.0 Å². The van der Waals surface area contributed by atoms with E-state index in [4.69, 9.17) is 4.74 Å². The number of hydrogen-bond donors (Lipinski definition) is 1. The van der Waals surface area contributed by atoms with Gasteiger partial charge in [-0.2, -0.15) is 0 Å². The van der Waals surface area contributed by atoms with E-state index >= 15 is 0 Å². The number of halogens is 1. The van der Waals surface area contributed by atoms with Gasteiger partial charge in [-0.25, -0.2) is 0 Å². The fraction of sp³-hybridized carbons (Fsp3) is 1.00. The van der Waals surface area contributed by atoms with Crippen LogP contribution in [-0.2, 0) is 4.74 Å². The lowest BCUT2D eigenvalue weighted by atomic mass is 10.3. The molecule has 0 aromatic carbocycles. The lowest BCUT2D eigenvalue weighted by Crippen LogP contribution is -2.20. The first-order chi connectivity index (χ1) is 4.91. The Kier molecular flexibility index (Phi) is 10.3. The van der Waals surface area contributed by atoms with Crippen molar-refractivity contribution in [3.05, 3.63) is 0 Å². The van der Waals surface area contributed by atoms with Crippen LogP contribution in [0.3, 0.4) is 0 Å². The maximum atomic E-state index is 5.14. The molecule has 0 saturated carbocycles. The predicted octanol–water partition coefficient (Wildman–Crippen LogP) is 1.79. The Morgan fingerprint density at radius 3 is 2.80 bits per heavy atom. The Morgan fingerprint density at radius 2 is 2.20 bits per heavy atom. The molecule has 0 rings (SSSR count). The largest absolute Gasteiger partial charge is 0.370 e. The monoisotopic (exact) mass is 257 g/mol. The van der Waals surface area contributed by atoms with E-state index in [0.29, 0.717) is 0 Å². The van der Waals surface area contributed by atoms with Crippen LogP contribution in [0, 0.1) is 0 Å². The molecule has 0 bridgehead atoms. The molecule has 0 aliphatic carbocycles. The van der Waals surface area contributed by atoms with Crippen LogP contribution >= 0.6 is 22.6 Å². The number of ether oxygens (including phenoxy) is 1. The molecule has 0 aromatic rings. The normalized spacial score (nSPS) is 10.2. The Morgan fingerprint density at radius 1 is 1.40 bits per heavy atom. The Bertz CT molecular complexity index is 53.6. The number of unbranched alkanes of at least 4 members (excludes halogenated alkanes) is 1. The van der Waals surface area contributed by atoms with Gasteiger partial charge in [0.2, 0.25) is 0 Å². The average Bonchev–Trinajstić information content (AvgIpc) is 1.97. The molecule has 2 nitrogen and oxygen atoms in total. The van der Waals surface area contributed by atoms with Crippen molar-refractivity contribution in [2.75, 3.05) is 24.3 Å². The van der Waals surface area contributed by atoms with Gasteiger partial charge in [0.1, 0.15) is 0 Å². The van der Waals surface area contributed by atoms with Crippen LogP contribution in [0.25, 0.3) is 0 Å². The summed E-state index contributed by atoms with van der Waals surface area (Å²) >= 11 is 2.21. The highest BCUT2D eigenvalue weighted by molar-refractivity contribution is 14.1. The molecule has 0 atom stereocenters. The van der Waals surface area contributed by atoms with Crippen molar-refractivity contribution in [3.8, 4) is 0 Å². The number of rotatable bonds is 7. The third kappa shape index (κ3) is 8.65. The van der Waals surface area contributed by atoms with Crippen LogP contribution in [0.4, 0.5) is 0 Å². The van der Waals surface area contributed by atoms with E-state index in [1.165, 1.54) is 12.8 Å². The van der Waals surface area contributed by atoms with Gasteiger partial charge in [0.25, 0.3) is 0 Å². The molecule has 0 aromatic heterocycles. The lowest BCUT2D eigenvalue weighted by molar-refractivity contribution is 0.192. The fourth-order valence-corrected chi connectivity index (χ4v) is 0.937. The molecule has 0 unspecified atom stereocenters. The van der Waals surface area contributed by atoms with Gasteiger partial charge in [0.15, 0.2) is 0 Å². The van der Waals surface area contributed by atoms with Crippen molar-refractivity contribution in [1.82, 2.24) is 5.32 Å². The van der Waals surface area contributed by atoms with E-state index in [2.05, 4.69) is 34.8 Å². The minimum atomic E-state index is 0.799. The van der Waals surface area contributed by atoms with Gasteiger partial charge >= 0.3 is 0 Å². The predicted molar refractivity (Wildman–Crippen MR) is 52.6 cm³/mol. The van der Waals surface area contributed by atoms with E-state index in [0.717, 1.165) is 24.3 Å². The summed E-state index contributed by atoms with van der Waals surface area (Å²) < 4.78 is 5.94. The highest BCUT2D eigenvalue weighted by Crippen LogP contribution is 1.83. The van der Waals surface area contributed by atoms with Crippen LogP contribution in [0.2, 0.25) is 0 Å². The molecule has 0 radical (unpaired) electrons. The maximum Gasteiger partial charge on any atom is 0.0979 e. The molecule has 0 amide bonds. The second-order valence-electron chi connectivity index (χ2n) is 2.12. The highest BCUT2D eigenvalue weighted by atomic mass is 127. The summed E-state index contributed by atoms with van der Waals surface area (Å²) in [7, 11) is 0. The van der Waals surface area contributed by atoms with Crippen LogP contribution in [-0.4, -0.2) is 24.3 Å². The molecule has 10 heavy (non-hydrogen) atoms. The van der Waals surface area contributed by atoms with Gasteiger partial charge < -0.3 is 10.1 Å². The van der Waals surface area contributed by atoms with E-state index in [1.54, 1.807) is 0 Å². The molecule has 0 aliphatic rings. The second-order valence-corrected chi connectivity index (χ2v) is 2.74. The Labute approximate surface area is 76.9 Å². The first-order valence-corrected chi connectivity index (χ1v) is 5.28. The Balaban J connectivity index is 2.65. The average molecular weight is 257 g/mol. The summed E-state index contributed by atoms with van der Waals surface area (Å²) in [6.07, 6.45) is 2.53. The van der Waals surface area contributed by atoms with E-state index in [9.17, 15) is 0 Å². The first kappa shape index (κ1) is 10.7.